The highest BCUT2D eigenvalue weighted by atomic mass is 32.2. The summed E-state index contributed by atoms with van der Waals surface area (Å²) in [5, 5.41) is 2.33. The minimum Gasteiger partial charge on any atom is -0.325 e. The second-order valence-corrected chi connectivity index (χ2v) is 8.14. The van der Waals surface area contributed by atoms with Gasteiger partial charge in [-0.25, -0.2) is 0 Å². The molecule has 6 nitrogen and oxygen atoms in total. The highest BCUT2D eigenvalue weighted by Gasteiger charge is 2.35. The van der Waals surface area contributed by atoms with Gasteiger partial charge in [0.05, 0.1) is 11.3 Å². The van der Waals surface area contributed by atoms with E-state index in [4.69, 9.17) is 0 Å². The number of para-hydroxylation sites is 1. The van der Waals surface area contributed by atoms with Crippen molar-refractivity contribution in [1.82, 2.24) is 8.61 Å². The van der Waals surface area contributed by atoms with Gasteiger partial charge in [0.2, 0.25) is 5.91 Å². The van der Waals surface area contributed by atoms with Crippen LogP contribution in [0.5, 0.6) is 0 Å². The Kier molecular flexibility index (Phi) is 5.75. The molecule has 1 aromatic rings. The van der Waals surface area contributed by atoms with E-state index >= 15 is 0 Å². The first kappa shape index (κ1) is 19.7. The molecule has 0 radical (unpaired) electrons. The number of amides is 1. The van der Waals surface area contributed by atoms with Crippen LogP contribution in [0.2, 0.25) is 0 Å². The Balaban J connectivity index is 2.03. The van der Waals surface area contributed by atoms with Gasteiger partial charge in [0, 0.05) is 33.1 Å². The molecule has 1 N–H and O–H groups in total. The van der Waals surface area contributed by atoms with Gasteiger partial charge in [-0.15, -0.1) is 0 Å². The first-order valence-electron chi connectivity index (χ1n) is 7.68. The van der Waals surface area contributed by atoms with Gasteiger partial charge in [-0.2, -0.15) is 30.2 Å². The van der Waals surface area contributed by atoms with E-state index in [0.29, 0.717) is 0 Å². The van der Waals surface area contributed by atoms with Crippen molar-refractivity contribution in [3.05, 3.63) is 29.8 Å². The molecule has 0 aliphatic carbocycles. The predicted molar refractivity (Wildman–Crippen MR) is 87.0 cm³/mol. The van der Waals surface area contributed by atoms with Crippen molar-refractivity contribution in [1.29, 1.82) is 0 Å². The van der Waals surface area contributed by atoms with Crippen LogP contribution in [-0.4, -0.2) is 50.1 Å². The maximum Gasteiger partial charge on any atom is 0.418 e. The number of carbonyl (C=O) groups is 1. The van der Waals surface area contributed by atoms with E-state index in [2.05, 4.69) is 5.32 Å². The molecule has 1 aliphatic rings. The molecule has 0 saturated carbocycles. The molecular formula is C15H20F3N3O3S. The lowest BCUT2D eigenvalue weighted by Gasteiger charge is -2.32. The highest BCUT2D eigenvalue weighted by Crippen LogP contribution is 2.35. The van der Waals surface area contributed by atoms with Gasteiger partial charge in [0.1, 0.15) is 0 Å². The third kappa shape index (κ3) is 4.50. The third-order valence-corrected chi connectivity index (χ3v) is 6.04. The summed E-state index contributed by atoms with van der Waals surface area (Å²) in [7, 11) is -0.710. The van der Waals surface area contributed by atoms with E-state index in [9.17, 15) is 26.4 Å². The molecule has 0 atom stereocenters. The fraction of sp³-hybridized carbons (Fsp3) is 0.533. The van der Waals surface area contributed by atoms with E-state index < -0.39 is 33.8 Å². The number of hydrogen-bond acceptors (Lipinski definition) is 3. The Labute approximate surface area is 144 Å². The van der Waals surface area contributed by atoms with Crippen molar-refractivity contribution in [2.45, 2.75) is 19.0 Å². The van der Waals surface area contributed by atoms with Crippen molar-refractivity contribution in [3.8, 4) is 0 Å². The molecule has 140 valence electrons. The zero-order chi connectivity index (χ0) is 18.8. The van der Waals surface area contributed by atoms with Crippen LogP contribution >= 0.6 is 0 Å². The van der Waals surface area contributed by atoms with Crippen LogP contribution in [0.3, 0.4) is 0 Å². The predicted octanol–water partition coefficient (Wildman–Crippen LogP) is 2.16. The SMILES string of the molecule is CN(C)S(=O)(=O)N1CCC(C(=O)Nc2ccccc2C(F)(F)F)CC1. The third-order valence-electron chi connectivity index (χ3n) is 4.10. The topological polar surface area (TPSA) is 69.7 Å². The normalized spacial score (nSPS) is 17.7. The molecule has 2 rings (SSSR count). The molecule has 0 bridgehead atoms. The Morgan fingerprint density at radius 3 is 2.28 bits per heavy atom. The van der Waals surface area contributed by atoms with Crippen LogP contribution in [0.4, 0.5) is 18.9 Å². The van der Waals surface area contributed by atoms with Gasteiger partial charge >= 0.3 is 6.18 Å². The van der Waals surface area contributed by atoms with Crippen molar-refractivity contribution in [2.24, 2.45) is 5.92 Å². The molecule has 0 aromatic heterocycles. The molecule has 0 unspecified atom stereocenters. The standard InChI is InChI=1S/C15H20F3N3O3S/c1-20(2)25(23,24)21-9-7-11(8-10-21)14(22)19-13-6-4-3-5-12(13)15(16,17)18/h3-6,11H,7-10H2,1-2H3,(H,19,22). The Bertz CT molecular complexity index is 727. The minimum atomic E-state index is -4.56. The monoisotopic (exact) mass is 379 g/mol. The van der Waals surface area contributed by atoms with Gasteiger partial charge in [0.25, 0.3) is 10.2 Å². The Morgan fingerprint density at radius 1 is 1.20 bits per heavy atom. The first-order valence-corrected chi connectivity index (χ1v) is 9.08. The van der Waals surface area contributed by atoms with Crippen LogP contribution in [0.25, 0.3) is 0 Å². The number of rotatable bonds is 4. The van der Waals surface area contributed by atoms with Gasteiger partial charge < -0.3 is 5.32 Å². The second kappa shape index (κ2) is 7.30. The van der Waals surface area contributed by atoms with Crippen molar-refractivity contribution in [3.63, 3.8) is 0 Å². The van der Waals surface area contributed by atoms with E-state index in [-0.39, 0.29) is 31.6 Å². The summed E-state index contributed by atoms with van der Waals surface area (Å²) in [5.41, 5.74) is -1.20. The molecular weight excluding hydrogens is 359 g/mol. The number of nitrogens with one attached hydrogen (secondary N) is 1. The zero-order valence-electron chi connectivity index (χ0n) is 13.9. The molecule has 10 heteroatoms. The second-order valence-electron chi connectivity index (χ2n) is 6.00. The lowest BCUT2D eigenvalue weighted by Crippen LogP contribution is -2.46. The number of halogens is 3. The maximum absolute atomic E-state index is 13.0. The zero-order valence-corrected chi connectivity index (χ0v) is 14.7. The van der Waals surface area contributed by atoms with Crippen LogP contribution in [0.15, 0.2) is 24.3 Å². The number of hydrogen-bond donors (Lipinski definition) is 1. The van der Waals surface area contributed by atoms with Crippen molar-refractivity contribution < 1.29 is 26.4 Å². The Morgan fingerprint density at radius 2 is 1.76 bits per heavy atom. The fourth-order valence-corrected chi connectivity index (χ4v) is 3.79. The van der Waals surface area contributed by atoms with Crippen LogP contribution in [0, 0.1) is 5.92 Å². The van der Waals surface area contributed by atoms with E-state index in [1.165, 1.54) is 36.6 Å². The molecule has 1 fully saturated rings. The van der Waals surface area contributed by atoms with Gasteiger partial charge in [-0.05, 0) is 25.0 Å². The Hall–Kier alpha value is -1.65. The minimum absolute atomic E-state index is 0.152. The molecule has 1 aliphatic heterocycles. The largest absolute Gasteiger partial charge is 0.418 e. The summed E-state index contributed by atoms with van der Waals surface area (Å²) < 4.78 is 65.3. The first-order chi connectivity index (χ1) is 11.5. The number of alkyl halides is 3. The average molecular weight is 379 g/mol. The average Bonchev–Trinajstić information content (AvgIpc) is 2.54. The number of carbonyl (C=O) groups excluding carboxylic acids is 1. The van der Waals surface area contributed by atoms with Crippen molar-refractivity contribution in [2.75, 3.05) is 32.5 Å². The lowest BCUT2D eigenvalue weighted by atomic mass is 9.97. The summed E-state index contributed by atoms with van der Waals surface area (Å²) >= 11 is 0. The lowest BCUT2D eigenvalue weighted by molar-refractivity contribution is -0.137. The van der Waals surface area contributed by atoms with E-state index in [1.807, 2.05) is 0 Å². The van der Waals surface area contributed by atoms with Crippen LogP contribution < -0.4 is 5.32 Å². The number of anilines is 1. The quantitative estimate of drug-likeness (QED) is 0.872. The number of benzene rings is 1. The molecule has 1 aromatic carbocycles. The number of piperidine rings is 1. The highest BCUT2D eigenvalue weighted by molar-refractivity contribution is 7.86. The van der Waals surface area contributed by atoms with Crippen LogP contribution in [0.1, 0.15) is 18.4 Å². The van der Waals surface area contributed by atoms with E-state index in [0.717, 1.165) is 10.4 Å². The van der Waals surface area contributed by atoms with Crippen molar-refractivity contribution >= 4 is 21.8 Å². The van der Waals surface area contributed by atoms with Gasteiger partial charge in [-0.1, -0.05) is 12.1 Å². The summed E-state index contributed by atoms with van der Waals surface area (Å²) in [6.07, 6.45) is -4.05. The molecule has 1 heterocycles. The maximum atomic E-state index is 13.0. The number of nitrogens with zero attached hydrogens (tertiary/aromatic N) is 2. The van der Waals surface area contributed by atoms with Crippen LogP contribution in [-0.2, 0) is 21.2 Å². The molecule has 0 spiro atoms. The summed E-state index contributed by atoms with van der Waals surface area (Å²) in [6.45, 7) is 0.305. The summed E-state index contributed by atoms with van der Waals surface area (Å²) in [5.74, 6) is -1.06. The van der Waals surface area contributed by atoms with Gasteiger partial charge in [-0.3, -0.25) is 4.79 Å². The molecule has 1 saturated heterocycles. The van der Waals surface area contributed by atoms with Gasteiger partial charge in [0.15, 0.2) is 0 Å². The summed E-state index contributed by atoms with van der Waals surface area (Å²) in [6, 6.07) is 4.77. The molecule has 25 heavy (non-hydrogen) atoms. The molecule has 1 amide bonds. The fourth-order valence-electron chi connectivity index (χ4n) is 2.65. The summed E-state index contributed by atoms with van der Waals surface area (Å²) in [4.78, 5) is 12.3. The smallest absolute Gasteiger partial charge is 0.325 e. The van der Waals surface area contributed by atoms with E-state index in [1.54, 1.807) is 0 Å².